The van der Waals surface area contributed by atoms with Crippen LogP contribution in [0, 0.1) is 5.21 Å². The number of hydrogen-bond donors (Lipinski definition) is 3. The summed E-state index contributed by atoms with van der Waals surface area (Å²) in [6.07, 6.45) is 3.15. The lowest BCUT2D eigenvalue weighted by atomic mass is 10.2. The van der Waals surface area contributed by atoms with Crippen LogP contribution in [0.4, 0.5) is 0 Å². The minimum absolute atomic E-state index is 0.405. The lowest BCUT2D eigenvalue weighted by Gasteiger charge is -2.25. The summed E-state index contributed by atoms with van der Waals surface area (Å²) >= 11 is 1.88. The molecule has 1 aliphatic heterocycles. The molecule has 1 rings (SSSR count). The van der Waals surface area contributed by atoms with Gasteiger partial charge in [0, 0.05) is 11.6 Å². The Kier molecular flexibility index (Phi) is 6.55. The standard InChI is InChI=1S/C9H21N3OS/c10-4-2-1-3-5-12(13)6-9-7-14-8-11-9/h9,11-12H,1-8,10H2. The van der Waals surface area contributed by atoms with Gasteiger partial charge in [-0.15, -0.1) is 11.8 Å². The fourth-order valence-corrected chi connectivity index (χ4v) is 2.58. The number of rotatable bonds is 7. The van der Waals surface area contributed by atoms with E-state index in [0.717, 1.165) is 50.5 Å². The SMILES string of the molecule is NCCCCC[NH+]([O-])CC1CSCN1. The van der Waals surface area contributed by atoms with Gasteiger partial charge in [0.05, 0.1) is 19.1 Å². The molecule has 84 valence electrons. The molecular weight excluding hydrogens is 198 g/mol. The first-order valence-electron chi connectivity index (χ1n) is 5.36. The molecule has 4 N–H and O–H groups in total. The van der Waals surface area contributed by atoms with Crippen molar-refractivity contribution >= 4 is 11.8 Å². The molecule has 1 heterocycles. The van der Waals surface area contributed by atoms with Crippen LogP contribution in [0.25, 0.3) is 0 Å². The van der Waals surface area contributed by atoms with Crippen molar-refractivity contribution in [2.24, 2.45) is 5.73 Å². The Hall–Kier alpha value is 0.190. The van der Waals surface area contributed by atoms with Crippen LogP contribution in [0.3, 0.4) is 0 Å². The molecule has 0 bridgehead atoms. The van der Waals surface area contributed by atoms with Gasteiger partial charge in [-0.1, -0.05) is 0 Å². The third-order valence-electron chi connectivity index (χ3n) is 2.43. The molecule has 0 radical (unpaired) electrons. The number of quaternary nitrogens is 1. The van der Waals surface area contributed by atoms with E-state index in [2.05, 4.69) is 5.32 Å². The first-order chi connectivity index (χ1) is 6.83. The summed E-state index contributed by atoms with van der Waals surface area (Å²) in [7, 11) is 0. The molecule has 14 heavy (non-hydrogen) atoms. The Morgan fingerprint density at radius 3 is 2.93 bits per heavy atom. The second kappa shape index (κ2) is 7.48. The minimum atomic E-state index is 0.405. The van der Waals surface area contributed by atoms with Crippen molar-refractivity contribution in [3.8, 4) is 0 Å². The molecule has 0 saturated carbocycles. The van der Waals surface area contributed by atoms with Gasteiger partial charge >= 0.3 is 0 Å². The fraction of sp³-hybridized carbons (Fsp3) is 1.00. The van der Waals surface area contributed by atoms with Crippen LogP contribution in [0.15, 0.2) is 0 Å². The molecule has 0 aromatic carbocycles. The molecule has 0 aromatic heterocycles. The number of hydrogen-bond acceptors (Lipinski definition) is 4. The first-order valence-corrected chi connectivity index (χ1v) is 6.51. The third kappa shape index (κ3) is 5.17. The lowest BCUT2D eigenvalue weighted by molar-refractivity contribution is -0.849. The van der Waals surface area contributed by atoms with Gasteiger partial charge in [-0.05, 0) is 25.8 Å². The molecule has 2 atom stereocenters. The van der Waals surface area contributed by atoms with Crippen LogP contribution in [0.1, 0.15) is 19.3 Å². The smallest absolute Gasteiger partial charge is 0.0932 e. The molecule has 1 saturated heterocycles. The fourth-order valence-electron chi connectivity index (χ4n) is 1.59. The van der Waals surface area contributed by atoms with Gasteiger partial charge in [0.2, 0.25) is 0 Å². The second-order valence-electron chi connectivity index (χ2n) is 3.76. The third-order valence-corrected chi connectivity index (χ3v) is 3.44. The predicted octanol–water partition coefficient (Wildman–Crippen LogP) is -0.839. The Balaban J connectivity index is 1.95. The first kappa shape index (κ1) is 12.3. The average molecular weight is 219 g/mol. The van der Waals surface area contributed by atoms with E-state index in [4.69, 9.17) is 5.73 Å². The Morgan fingerprint density at radius 2 is 2.29 bits per heavy atom. The van der Waals surface area contributed by atoms with Crippen molar-refractivity contribution in [3.63, 3.8) is 0 Å². The van der Waals surface area contributed by atoms with Crippen molar-refractivity contribution in [2.45, 2.75) is 25.3 Å². The van der Waals surface area contributed by atoms with E-state index in [1.807, 2.05) is 11.8 Å². The molecular formula is C9H21N3OS. The van der Waals surface area contributed by atoms with Crippen molar-refractivity contribution in [2.75, 3.05) is 31.3 Å². The van der Waals surface area contributed by atoms with Gasteiger partial charge < -0.3 is 16.0 Å². The van der Waals surface area contributed by atoms with E-state index in [1.54, 1.807) is 0 Å². The normalized spacial score (nSPS) is 24.0. The average Bonchev–Trinajstić information content (AvgIpc) is 2.65. The molecule has 2 unspecified atom stereocenters. The summed E-state index contributed by atoms with van der Waals surface area (Å²) in [5.41, 5.74) is 5.38. The lowest BCUT2D eigenvalue weighted by Crippen LogP contribution is -3.08. The zero-order chi connectivity index (χ0) is 10.2. The van der Waals surface area contributed by atoms with Crippen LogP contribution >= 0.6 is 11.8 Å². The topological polar surface area (TPSA) is 65.5 Å². The van der Waals surface area contributed by atoms with Crippen molar-refractivity contribution in [1.82, 2.24) is 5.32 Å². The van der Waals surface area contributed by atoms with Gasteiger partial charge in [0.1, 0.15) is 0 Å². The van der Waals surface area contributed by atoms with Gasteiger partial charge in [0.25, 0.3) is 0 Å². The highest BCUT2D eigenvalue weighted by molar-refractivity contribution is 7.99. The Labute approximate surface area is 90.2 Å². The predicted molar refractivity (Wildman–Crippen MR) is 61.2 cm³/mol. The van der Waals surface area contributed by atoms with Crippen LogP contribution in [-0.2, 0) is 0 Å². The molecule has 5 heteroatoms. The largest absolute Gasteiger partial charge is 0.634 e. The maximum Gasteiger partial charge on any atom is 0.0932 e. The van der Waals surface area contributed by atoms with Crippen molar-refractivity contribution in [3.05, 3.63) is 5.21 Å². The maximum atomic E-state index is 11.5. The number of hydroxylamine groups is 2. The molecule has 0 amide bonds. The number of nitrogens with two attached hydrogens (primary N) is 1. The summed E-state index contributed by atoms with van der Waals surface area (Å²) < 4.78 is 0. The molecule has 0 aliphatic carbocycles. The highest BCUT2D eigenvalue weighted by Gasteiger charge is 2.16. The number of thioether (sulfide) groups is 1. The highest BCUT2D eigenvalue weighted by Crippen LogP contribution is 2.07. The molecule has 0 spiro atoms. The van der Waals surface area contributed by atoms with E-state index in [9.17, 15) is 5.21 Å². The quantitative estimate of drug-likeness (QED) is 0.386. The zero-order valence-corrected chi connectivity index (χ0v) is 9.44. The molecule has 0 aromatic rings. The van der Waals surface area contributed by atoms with E-state index >= 15 is 0 Å². The Bertz CT molecular complexity index is 142. The minimum Gasteiger partial charge on any atom is -0.634 e. The number of nitrogens with one attached hydrogen (secondary N) is 2. The van der Waals surface area contributed by atoms with Gasteiger partial charge in [-0.2, -0.15) is 0 Å². The summed E-state index contributed by atoms with van der Waals surface area (Å²) in [5, 5.41) is 15.2. The van der Waals surface area contributed by atoms with Crippen molar-refractivity contribution in [1.29, 1.82) is 0 Å². The highest BCUT2D eigenvalue weighted by atomic mass is 32.2. The van der Waals surface area contributed by atoms with E-state index in [0.29, 0.717) is 11.1 Å². The van der Waals surface area contributed by atoms with Crippen LogP contribution < -0.4 is 16.1 Å². The number of unbranched alkanes of at least 4 members (excludes halogenated alkanes) is 2. The maximum absolute atomic E-state index is 11.5. The van der Waals surface area contributed by atoms with Crippen LogP contribution in [-0.4, -0.2) is 37.3 Å². The van der Waals surface area contributed by atoms with Crippen LogP contribution in [0.2, 0.25) is 0 Å². The summed E-state index contributed by atoms with van der Waals surface area (Å²) in [6.45, 7) is 2.20. The van der Waals surface area contributed by atoms with E-state index in [1.165, 1.54) is 0 Å². The van der Waals surface area contributed by atoms with E-state index in [-0.39, 0.29) is 0 Å². The molecule has 1 aliphatic rings. The van der Waals surface area contributed by atoms with E-state index < -0.39 is 0 Å². The monoisotopic (exact) mass is 219 g/mol. The molecule has 1 fully saturated rings. The van der Waals surface area contributed by atoms with Crippen molar-refractivity contribution < 1.29 is 5.06 Å². The molecule has 4 nitrogen and oxygen atoms in total. The summed E-state index contributed by atoms with van der Waals surface area (Å²) in [5.74, 6) is 2.10. The van der Waals surface area contributed by atoms with Gasteiger partial charge in [0.15, 0.2) is 0 Å². The van der Waals surface area contributed by atoms with Gasteiger partial charge in [-0.3, -0.25) is 5.32 Å². The zero-order valence-electron chi connectivity index (χ0n) is 8.63. The Morgan fingerprint density at radius 1 is 1.43 bits per heavy atom. The van der Waals surface area contributed by atoms with Gasteiger partial charge in [-0.25, -0.2) is 0 Å². The van der Waals surface area contributed by atoms with Crippen LogP contribution in [0.5, 0.6) is 0 Å². The summed E-state index contributed by atoms with van der Waals surface area (Å²) in [4.78, 5) is 0. The second-order valence-corrected chi connectivity index (χ2v) is 4.79. The summed E-state index contributed by atoms with van der Waals surface area (Å²) in [6, 6.07) is 0.432.